The Bertz CT molecular complexity index is 1990. The lowest BCUT2D eigenvalue weighted by Crippen LogP contribution is -1.98. The van der Waals surface area contributed by atoms with Crippen molar-refractivity contribution >= 4 is 32.7 Å². The van der Waals surface area contributed by atoms with Crippen molar-refractivity contribution in [1.29, 1.82) is 0 Å². The second-order valence-corrected chi connectivity index (χ2v) is 11.4. The summed E-state index contributed by atoms with van der Waals surface area (Å²) < 4.78 is 0. The van der Waals surface area contributed by atoms with E-state index in [4.69, 9.17) is 0 Å². The number of hydrogen-bond donors (Lipinski definition) is 0. The molecule has 0 aromatic heterocycles. The zero-order valence-electron chi connectivity index (χ0n) is 24.7. The molecule has 204 valence electrons. The topological polar surface area (TPSA) is 0 Å². The highest BCUT2D eigenvalue weighted by Crippen LogP contribution is 2.37. The molecule has 0 amide bonds. The summed E-state index contributed by atoms with van der Waals surface area (Å²) in [7, 11) is 0. The van der Waals surface area contributed by atoms with Crippen LogP contribution in [0.25, 0.3) is 43.8 Å². The van der Waals surface area contributed by atoms with Gasteiger partial charge in [-0.05, 0) is 97.6 Å². The molecule has 0 nitrogen and oxygen atoms in total. The van der Waals surface area contributed by atoms with Crippen LogP contribution in [0.2, 0.25) is 0 Å². The smallest absolute Gasteiger partial charge is 0.00145 e. The Labute approximate surface area is 250 Å². The van der Waals surface area contributed by atoms with Gasteiger partial charge in [-0.15, -0.1) is 0 Å². The van der Waals surface area contributed by atoms with E-state index < -0.39 is 0 Å². The Morgan fingerprint density at radius 2 is 1.29 bits per heavy atom. The fourth-order valence-electron chi connectivity index (χ4n) is 5.89. The molecule has 0 N–H and O–H groups in total. The van der Waals surface area contributed by atoms with Gasteiger partial charge in [0.2, 0.25) is 0 Å². The molecule has 0 radical (unpaired) electrons. The van der Waals surface area contributed by atoms with Crippen molar-refractivity contribution in [2.45, 2.75) is 26.7 Å². The van der Waals surface area contributed by atoms with Gasteiger partial charge < -0.3 is 0 Å². The molecule has 0 saturated heterocycles. The van der Waals surface area contributed by atoms with E-state index in [0.29, 0.717) is 0 Å². The van der Waals surface area contributed by atoms with Gasteiger partial charge in [0, 0.05) is 5.92 Å². The summed E-state index contributed by atoms with van der Waals surface area (Å²) in [6.07, 6.45) is 2.28. The van der Waals surface area contributed by atoms with Gasteiger partial charge in [-0.25, -0.2) is 0 Å². The summed E-state index contributed by atoms with van der Waals surface area (Å²) >= 11 is 0. The molecule has 0 saturated carbocycles. The van der Waals surface area contributed by atoms with Crippen molar-refractivity contribution in [2.75, 3.05) is 0 Å². The molecular formula is C42H36. The second-order valence-electron chi connectivity index (χ2n) is 11.4. The average molecular weight is 541 g/mol. The first kappa shape index (κ1) is 27.2. The largest absolute Gasteiger partial charge is 0.0995 e. The molecule has 0 heteroatoms. The number of rotatable bonds is 7. The lowest BCUT2D eigenvalue weighted by molar-refractivity contribution is 0.898. The summed E-state index contributed by atoms with van der Waals surface area (Å²) in [5, 5.41) is 4.94. The molecule has 42 heavy (non-hydrogen) atoms. The molecule has 0 fully saturated rings. The van der Waals surface area contributed by atoms with E-state index in [1.165, 1.54) is 60.5 Å². The first-order chi connectivity index (χ1) is 20.4. The first-order valence-corrected chi connectivity index (χ1v) is 14.6. The summed E-state index contributed by atoms with van der Waals surface area (Å²) in [6.45, 7) is 15.4. The number of allylic oxidation sites excluding steroid dienone is 3. The van der Waals surface area contributed by atoms with Crippen LogP contribution in [0.5, 0.6) is 0 Å². The maximum absolute atomic E-state index is 4.61. The van der Waals surface area contributed by atoms with E-state index in [0.717, 1.165) is 16.7 Å². The maximum Gasteiger partial charge on any atom is 0.00145 e. The number of aryl methyl sites for hydroxylation is 1. The molecule has 1 unspecified atom stereocenters. The minimum atomic E-state index is 0.274. The molecule has 0 bridgehead atoms. The normalized spacial score (nSPS) is 12.4. The zero-order valence-corrected chi connectivity index (χ0v) is 24.7. The van der Waals surface area contributed by atoms with Crippen LogP contribution in [0.15, 0.2) is 152 Å². The van der Waals surface area contributed by atoms with Crippen LogP contribution in [0.4, 0.5) is 0 Å². The minimum Gasteiger partial charge on any atom is -0.0995 e. The third-order valence-electron chi connectivity index (χ3n) is 8.52. The van der Waals surface area contributed by atoms with Crippen molar-refractivity contribution in [3.63, 3.8) is 0 Å². The molecule has 0 heterocycles. The highest BCUT2D eigenvalue weighted by molar-refractivity contribution is 6.01. The molecular weight excluding hydrogens is 504 g/mol. The second kappa shape index (κ2) is 11.5. The maximum atomic E-state index is 4.61. The van der Waals surface area contributed by atoms with Crippen molar-refractivity contribution < 1.29 is 0 Å². The Morgan fingerprint density at radius 3 is 2.05 bits per heavy atom. The van der Waals surface area contributed by atoms with Crippen LogP contribution >= 0.6 is 0 Å². The van der Waals surface area contributed by atoms with Crippen LogP contribution < -0.4 is 0 Å². The molecule has 0 aliphatic heterocycles. The fraction of sp³-hybridized carbons (Fsp3) is 0.0952. The summed E-state index contributed by atoms with van der Waals surface area (Å²) in [4.78, 5) is 0. The lowest BCUT2D eigenvalue weighted by atomic mass is 9.86. The van der Waals surface area contributed by atoms with Crippen LogP contribution in [-0.2, 0) is 0 Å². The van der Waals surface area contributed by atoms with Gasteiger partial charge in [-0.2, -0.15) is 0 Å². The van der Waals surface area contributed by atoms with Gasteiger partial charge in [-0.3, -0.25) is 0 Å². The van der Waals surface area contributed by atoms with Gasteiger partial charge in [0.15, 0.2) is 0 Å². The number of benzene rings is 6. The third kappa shape index (κ3) is 5.24. The highest BCUT2D eigenvalue weighted by Gasteiger charge is 2.15. The molecule has 6 aromatic rings. The summed E-state index contributed by atoms with van der Waals surface area (Å²) in [5.41, 5.74) is 11.8. The molecule has 1 atom stereocenters. The Balaban J connectivity index is 1.56. The Morgan fingerprint density at radius 1 is 0.643 bits per heavy atom. The van der Waals surface area contributed by atoms with Crippen LogP contribution in [0.3, 0.4) is 0 Å². The highest BCUT2D eigenvalue weighted by atomic mass is 14.2. The number of hydrogen-bond acceptors (Lipinski definition) is 0. The van der Waals surface area contributed by atoms with Crippen molar-refractivity contribution in [1.82, 2.24) is 0 Å². The third-order valence-corrected chi connectivity index (χ3v) is 8.52. The van der Waals surface area contributed by atoms with E-state index in [-0.39, 0.29) is 5.92 Å². The summed E-state index contributed by atoms with van der Waals surface area (Å²) in [5.74, 6) is 0.274. The van der Waals surface area contributed by atoms with Gasteiger partial charge in [0.05, 0.1) is 0 Å². The van der Waals surface area contributed by atoms with Crippen LogP contribution in [0.1, 0.15) is 47.6 Å². The fourth-order valence-corrected chi connectivity index (χ4v) is 5.89. The molecule has 0 aliphatic carbocycles. The Kier molecular flexibility index (Phi) is 7.46. The summed E-state index contributed by atoms with van der Waals surface area (Å²) in [6, 6.07) is 46.0. The molecule has 0 aliphatic rings. The van der Waals surface area contributed by atoms with Gasteiger partial charge in [0.1, 0.15) is 0 Å². The van der Waals surface area contributed by atoms with E-state index in [2.05, 4.69) is 167 Å². The lowest BCUT2D eigenvalue weighted by Gasteiger charge is -2.18. The van der Waals surface area contributed by atoms with Crippen molar-refractivity contribution in [3.05, 3.63) is 180 Å². The number of fused-ring (bicyclic) bond motifs is 2. The minimum absolute atomic E-state index is 0.274. The molecule has 6 aromatic carbocycles. The first-order valence-electron chi connectivity index (χ1n) is 14.6. The van der Waals surface area contributed by atoms with Gasteiger partial charge in [0.25, 0.3) is 0 Å². The van der Waals surface area contributed by atoms with Crippen LogP contribution in [0, 0.1) is 6.92 Å². The zero-order chi connectivity index (χ0) is 29.2. The van der Waals surface area contributed by atoms with Crippen molar-refractivity contribution in [3.8, 4) is 11.1 Å². The van der Waals surface area contributed by atoms with Gasteiger partial charge >= 0.3 is 0 Å². The average Bonchev–Trinajstić information content (AvgIpc) is 3.03. The quantitative estimate of drug-likeness (QED) is 0.139. The van der Waals surface area contributed by atoms with Gasteiger partial charge in [-0.1, -0.05) is 147 Å². The monoisotopic (exact) mass is 540 g/mol. The van der Waals surface area contributed by atoms with E-state index >= 15 is 0 Å². The van der Waals surface area contributed by atoms with Crippen LogP contribution in [-0.4, -0.2) is 0 Å². The molecule has 0 spiro atoms. The molecule has 6 rings (SSSR count). The predicted molar refractivity (Wildman–Crippen MR) is 184 cm³/mol. The van der Waals surface area contributed by atoms with Crippen molar-refractivity contribution in [2.24, 2.45) is 0 Å². The predicted octanol–water partition coefficient (Wildman–Crippen LogP) is 11.8. The Hall–Kier alpha value is -4.94. The van der Waals surface area contributed by atoms with E-state index in [1.54, 1.807) is 0 Å². The SMILES string of the molecule is C=C(/C=C(/c1cccc(C(C)C(=C)C)c1)c1cc(-c2cccc3ccccc23)ccc1C)c1cccc2ccccc12. The standard InChI is InChI=1S/C42H36/c1-28(2)31(5)34-17-10-18-35(26-34)42(25-30(4)37-21-11-15-32-13-6-8-19-38(32)37)41-27-36(24-23-29(41)3)40-22-12-16-33-14-7-9-20-39(33)40/h6-27,31H,1,4H2,2-3,5H3/b42-25-. The van der Waals surface area contributed by atoms with E-state index in [1.807, 2.05) is 0 Å². The van der Waals surface area contributed by atoms with E-state index in [9.17, 15) is 0 Å².